The minimum absolute atomic E-state index is 0.00839. The summed E-state index contributed by atoms with van der Waals surface area (Å²) in [5.74, 6) is 1.31. The monoisotopic (exact) mass is 330 g/mol. The van der Waals surface area contributed by atoms with Crippen molar-refractivity contribution in [3.8, 4) is 11.5 Å². The second-order valence-electron chi connectivity index (χ2n) is 7.90. The van der Waals surface area contributed by atoms with E-state index in [1.54, 1.807) is 0 Å². The Bertz CT molecular complexity index is 632. The third-order valence-electron chi connectivity index (χ3n) is 5.80. The largest absolute Gasteiger partial charge is 0.508 e. The highest BCUT2D eigenvalue weighted by molar-refractivity contribution is 5.54. The first kappa shape index (κ1) is 17.3. The lowest BCUT2D eigenvalue weighted by molar-refractivity contribution is -0.0824. The molecule has 1 heterocycles. The third-order valence-corrected chi connectivity index (χ3v) is 5.80. The van der Waals surface area contributed by atoms with Crippen LogP contribution in [-0.4, -0.2) is 21.9 Å². The Hall–Kier alpha value is -1.48. The molecule has 1 aromatic carbocycles. The molecule has 4 atom stereocenters. The van der Waals surface area contributed by atoms with Gasteiger partial charge in [0.15, 0.2) is 0 Å². The molecule has 0 saturated heterocycles. The first-order valence-corrected chi connectivity index (χ1v) is 9.25. The topological polar surface area (TPSA) is 49.7 Å². The van der Waals surface area contributed by atoms with E-state index in [0.717, 1.165) is 41.7 Å². The molecule has 1 aliphatic heterocycles. The summed E-state index contributed by atoms with van der Waals surface area (Å²) in [5, 5.41) is 21.5. The van der Waals surface area contributed by atoms with E-state index in [0.29, 0.717) is 12.2 Å². The van der Waals surface area contributed by atoms with Crippen molar-refractivity contribution in [3.63, 3.8) is 0 Å². The van der Waals surface area contributed by atoms with Crippen LogP contribution >= 0.6 is 0 Å². The molecular formula is C21H30O3. The first-order chi connectivity index (χ1) is 11.3. The van der Waals surface area contributed by atoms with Crippen LogP contribution in [0.25, 0.3) is 0 Å². The van der Waals surface area contributed by atoms with Crippen LogP contribution in [0.4, 0.5) is 0 Å². The van der Waals surface area contributed by atoms with Gasteiger partial charge in [0.1, 0.15) is 17.6 Å². The maximum Gasteiger partial charge on any atom is 0.135 e. The smallest absolute Gasteiger partial charge is 0.135 e. The summed E-state index contributed by atoms with van der Waals surface area (Å²) in [5.41, 5.74) is 2.21. The number of aliphatic hydroxyl groups is 1. The average molecular weight is 330 g/mol. The van der Waals surface area contributed by atoms with E-state index in [1.807, 2.05) is 19.9 Å². The Morgan fingerprint density at radius 2 is 2.12 bits per heavy atom. The Balaban J connectivity index is 1.96. The molecule has 24 heavy (non-hydrogen) atoms. The zero-order valence-corrected chi connectivity index (χ0v) is 15.1. The molecule has 0 radical (unpaired) electrons. The Morgan fingerprint density at radius 1 is 1.38 bits per heavy atom. The maximum atomic E-state index is 10.8. The van der Waals surface area contributed by atoms with Crippen molar-refractivity contribution in [2.75, 3.05) is 0 Å². The second kappa shape index (κ2) is 6.44. The molecule has 0 spiro atoms. The SMILES string of the molecule is C=C(C)C1CCC(C)(O)C2Oc3cc(CCCCC)cc(O)c3[C@@H]12. The molecule has 0 bridgehead atoms. The van der Waals surface area contributed by atoms with Crippen molar-refractivity contribution >= 4 is 0 Å². The number of phenolic OH excluding ortho intramolecular Hbond substituents is 1. The Labute approximate surface area is 145 Å². The molecule has 1 fully saturated rings. The van der Waals surface area contributed by atoms with Crippen LogP contribution in [-0.2, 0) is 6.42 Å². The van der Waals surface area contributed by atoms with Crippen molar-refractivity contribution in [1.29, 1.82) is 0 Å². The van der Waals surface area contributed by atoms with Gasteiger partial charge in [0.05, 0.1) is 5.60 Å². The number of hydrogen-bond donors (Lipinski definition) is 2. The van der Waals surface area contributed by atoms with Gasteiger partial charge in [0.2, 0.25) is 0 Å². The van der Waals surface area contributed by atoms with E-state index in [-0.39, 0.29) is 17.9 Å². The minimum atomic E-state index is -0.871. The normalized spacial score (nSPS) is 31.2. The highest BCUT2D eigenvalue weighted by Gasteiger charge is 2.53. The van der Waals surface area contributed by atoms with Gasteiger partial charge in [-0.05, 0) is 63.1 Å². The van der Waals surface area contributed by atoms with Gasteiger partial charge in [-0.3, -0.25) is 0 Å². The lowest BCUT2D eigenvalue weighted by Gasteiger charge is -2.42. The zero-order chi connectivity index (χ0) is 17.5. The maximum absolute atomic E-state index is 10.8. The van der Waals surface area contributed by atoms with Crippen LogP contribution in [0.1, 0.15) is 69.9 Å². The lowest BCUT2D eigenvalue weighted by atomic mass is 9.66. The number of fused-ring (bicyclic) bond motifs is 3. The van der Waals surface area contributed by atoms with E-state index >= 15 is 0 Å². The first-order valence-electron chi connectivity index (χ1n) is 9.25. The van der Waals surface area contributed by atoms with Crippen LogP contribution in [0.2, 0.25) is 0 Å². The van der Waals surface area contributed by atoms with Crippen molar-refractivity contribution in [1.82, 2.24) is 0 Å². The van der Waals surface area contributed by atoms with Gasteiger partial charge in [-0.2, -0.15) is 0 Å². The molecule has 2 aliphatic rings. The zero-order valence-electron chi connectivity index (χ0n) is 15.1. The average Bonchev–Trinajstić information content (AvgIpc) is 2.88. The number of aryl methyl sites for hydroxylation is 1. The summed E-state index contributed by atoms with van der Waals surface area (Å²) >= 11 is 0. The number of allylic oxidation sites excluding steroid dienone is 1. The fourth-order valence-corrected chi connectivity index (χ4v) is 4.43. The molecule has 0 amide bonds. The molecular weight excluding hydrogens is 300 g/mol. The molecule has 1 saturated carbocycles. The molecule has 2 N–H and O–H groups in total. The van der Waals surface area contributed by atoms with E-state index in [9.17, 15) is 10.2 Å². The van der Waals surface area contributed by atoms with Crippen molar-refractivity contribution in [2.45, 2.75) is 76.9 Å². The van der Waals surface area contributed by atoms with Crippen molar-refractivity contribution < 1.29 is 14.9 Å². The number of hydrogen-bond acceptors (Lipinski definition) is 3. The summed E-state index contributed by atoms with van der Waals surface area (Å²) in [6.07, 6.45) is 5.71. The van der Waals surface area contributed by atoms with Gasteiger partial charge in [-0.25, -0.2) is 0 Å². The predicted molar refractivity (Wildman–Crippen MR) is 96.7 cm³/mol. The summed E-state index contributed by atoms with van der Waals surface area (Å²) < 4.78 is 6.18. The fraction of sp³-hybridized carbons (Fsp3) is 0.619. The Kier molecular flexibility index (Phi) is 4.65. The van der Waals surface area contributed by atoms with Gasteiger partial charge in [-0.15, -0.1) is 0 Å². The molecule has 0 aromatic heterocycles. The number of unbranched alkanes of at least 4 members (excludes halogenated alkanes) is 2. The van der Waals surface area contributed by atoms with Crippen LogP contribution in [0.3, 0.4) is 0 Å². The quantitative estimate of drug-likeness (QED) is 0.607. The van der Waals surface area contributed by atoms with Crippen LogP contribution in [0.5, 0.6) is 11.5 Å². The lowest BCUT2D eigenvalue weighted by Crippen LogP contribution is -2.50. The number of phenols is 1. The van der Waals surface area contributed by atoms with E-state index in [4.69, 9.17) is 4.74 Å². The van der Waals surface area contributed by atoms with Gasteiger partial charge >= 0.3 is 0 Å². The van der Waals surface area contributed by atoms with Crippen LogP contribution < -0.4 is 4.74 Å². The number of benzene rings is 1. The van der Waals surface area contributed by atoms with Gasteiger partial charge in [0.25, 0.3) is 0 Å². The highest BCUT2D eigenvalue weighted by Crippen LogP contribution is 2.56. The summed E-state index contributed by atoms with van der Waals surface area (Å²) in [6.45, 7) is 10.2. The van der Waals surface area contributed by atoms with E-state index in [2.05, 4.69) is 19.6 Å². The van der Waals surface area contributed by atoms with Crippen molar-refractivity contribution in [3.05, 3.63) is 35.4 Å². The van der Waals surface area contributed by atoms with Crippen molar-refractivity contribution in [2.24, 2.45) is 5.92 Å². The fourth-order valence-electron chi connectivity index (χ4n) is 4.43. The second-order valence-corrected chi connectivity index (χ2v) is 7.90. The molecule has 1 aromatic rings. The molecule has 3 heteroatoms. The van der Waals surface area contributed by atoms with E-state index < -0.39 is 5.60 Å². The summed E-state index contributed by atoms with van der Waals surface area (Å²) in [7, 11) is 0. The molecule has 3 unspecified atom stereocenters. The summed E-state index contributed by atoms with van der Waals surface area (Å²) in [6, 6.07) is 3.95. The van der Waals surface area contributed by atoms with Gasteiger partial charge in [-0.1, -0.05) is 31.9 Å². The van der Waals surface area contributed by atoms with Crippen LogP contribution in [0.15, 0.2) is 24.3 Å². The van der Waals surface area contributed by atoms with Gasteiger partial charge in [0, 0.05) is 11.5 Å². The predicted octanol–water partition coefficient (Wildman–Crippen LogP) is 4.71. The number of ether oxygens (including phenoxy) is 1. The summed E-state index contributed by atoms with van der Waals surface area (Å²) in [4.78, 5) is 0. The molecule has 3 rings (SSSR count). The molecule has 3 nitrogen and oxygen atoms in total. The highest BCUT2D eigenvalue weighted by atomic mass is 16.5. The molecule has 132 valence electrons. The van der Waals surface area contributed by atoms with E-state index in [1.165, 1.54) is 12.8 Å². The number of rotatable bonds is 5. The minimum Gasteiger partial charge on any atom is -0.508 e. The Morgan fingerprint density at radius 3 is 2.79 bits per heavy atom. The van der Waals surface area contributed by atoms with Gasteiger partial charge < -0.3 is 14.9 Å². The number of aromatic hydroxyl groups is 1. The molecule has 1 aliphatic carbocycles. The third kappa shape index (κ3) is 2.95. The standard InChI is InChI=1S/C21H30O3/c1-5-6-7-8-14-11-16(22)19-17(12-14)24-20-18(19)15(13(2)3)9-10-21(20,4)23/h11-12,15,18,20,22-23H,2,5-10H2,1,3-4H3/t15?,18-,20?,21?/m1/s1. The van der Waals surface area contributed by atoms with Crippen LogP contribution in [0, 0.1) is 5.92 Å².